The van der Waals surface area contributed by atoms with Gasteiger partial charge in [-0.1, -0.05) is 6.07 Å². The first-order valence-corrected chi connectivity index (χ1v) is 10.0. The van der Waals surface area contributed by atoms with Crippen molar-refractivity contribution in [1.82, 2.24) is 19.6 Å². The minimum absolute atomic E-state index is 0.0108. The molecule has 0 aliphatic heterocycles. The lowest BCUT2D eigenvalue weighted by molar-refractivity contribution is 0.0942. The van der Waals surface area contributed by atoms with Crippen molar-refractivity contribution in [2.45, 2.75) is 11.4 Å². The Morgan fingerprint density at radius 2 is 1.93 bits per heavy atom. The highest BCUT2D eigenvalue weighted by atomic mass is 32.2. The van der Waals surface area contributed by atoms with Crippen LogP contribution in [-0.4, -0.2) is 30.9 Å². The summed E-state index contributed by atoms with van der Waals surface area (Å²) in [5.74, 6) is 0.00834. The van der Waals surface area contributed by atoms with Crippen LogP contribution < -0.4 is 14.8 Å². The lowest BCUT2D eigenvalue weighted by atomic mass is 10.2. The molecule has 8 nitrogen and oxygen atoms in total. The highest BCUT2D eigenvalue weighted by molar-refractivity contribution is 7.89. The predicted octanol–water partition coefficient (Wildman–Crippen LogP) is 2.19. The van der Waals surface area contributed by atoms with Crippen molar-refractivity contribution < 1.29 is 22.3 Å². The molecule has 0 saturated heterocycles. The molecule has 2 heterocycles. The summed E-state index contributed by atoms with van der Waals surface area (Å²) in [6.45, 7) is 0.196. The summed E-state index contributed by atoms with van der Waals surface area (Å²) in [5, 5.41) is 2.72. The van der Waals surface area contributed by atoms with Gasteiger partial charge in [-0.2, -0.15) is 0 Å². The van der Waals surface area contributed by atoms with Gasteiger partial charge in [0.2, 0.25) is 15.9 Å². The number of rotatable bonds is 7. The van der Waals surface area contributed by atoms with E-state index in [1.54, 1.807) is 25.4 Å². The molecule has 0 atom stereocenters. The average Bonchev–Trinajstić information content (AvgIpc) is 3.11. The highest BCUT2D eigenvalue weighted by Crippen LogP contribution is 2.19. The van der Waals surface area contributed by atoms with Crippen LogP contribution in [0.25, 0.3) is 0 Å². The van der Waals surface area contributed by atoms with Crippen molar-refractivity contribution in [3.05, 3.63) is 71.9 Å². The average molecular weight is 418 g/mol. The van der Waals surface area contributed by atoms with Crippen LogP contribution in [0, 0.1) is 5.82 Å². The van der Waals surface area contributed by atoms with Gasteiger partial charge in [0.05, 0.1) is 0 Å². The molecule has 10 heteroatoms. The lowest BCUT2D eigenvalue weighted by Crippen LogP contribution is -2.24. The normalized spacial score (nSPS) is 11.3. The SMILES string of the molecule is CNS(=O)(=O)c1cc(C(=O)NCc2ccc(Oc3ccc(F)cc3)nc2)n(C)c1. The third kappa shape index (κ3) is 4.98. The molecule has 3 rings (SSSR count). The molecule has 0 radical (unpaired) electrons. The fourth-order valence-corrected chi connectivity index (χ4v) is 3.30. The minimum atomic E-state index is -3.63. The Kier molecular flexibility index (Phi) is 5.95. The van der Waals surface area contributed by atoms with Crippen molar-refractivity contribution in [3.8, 4) is 11.6 Å². The van der Waals surface area contributed by atoms with E-state index < -0.39 is 15.9 Å². The van der Waals surface area contributed by atoms with Crippen molar-refractivity contribution in [2.75, 3.05) is 7.05 Å². The molecular weight excluding hydrogens is 399 g/mol. The van der Waals surface area contributed by atoms with Gasteiger partial charge >= 0.3 is 0 Å². The molecule has 2 aromatic heterocycles. The van der Waals surface area contributed by atoms with E-state index in [1.807, 2.05) is 0 Å². The molecule has 0 spiro atoms. The number of hydrogen-bond donors (Lipinski definition) is 2. The van der Waals surface area contributed by atoms with Crippen LogP contribution in [0.3, 0.4) is 0 Å². The van der Waals surface area contributed by atoms with Crippen molar-refractivity contribution in [1.29, 1.82) is 0 Å². The van der Waals surface area contributed by atoms with E-state index in [0.717, 1.165) is 5.56 Å². The Morgan fingerprint density at radius 3 is 2.55 bits per heavy atom. The van der Waals surface area contributed by atoms with Gasteiger partial charge in [0, 0.05) is 32.1 Å². The standard InChI is InChI=1S/C19H19FN4O4S/c1-21-29(26,27)16-9-17(24(2)12-16)19(25)23-11-13-3-8-18(22-10-13)28-15-6-4-14(20)5-7-15/h3-10,12,21H,11H2,1-2H3,(H,23,25). The largest absolute Gasteiger partial charge is 0.439 e. The van der Waals surface area contributed by atoms with Crippen LogP contribution >= 0.6 is 0 Å². The Morgan fingerprint density at radius 1 is 1.21 bits per heavy atom. The van der Waals surface area contributed by atoms with Crippen LogP contribution in [-0.2, 0) is 23.6 Å². The summed E-state index contributed by atoms with van der Waals surface area (Å²) in [6, 6.07) is 10.2. The fourth-order valence-electron chi connectivity index (χ4n) is 2.50. The Labute approximate surface area is 167 Å². The zero-order valence-electron chi connectivity index (χ0n) is 15.7. The topological polar surface area (TPSA) is 102 Å². The zero-order valence-corrected chi connectivity index (χ0v) is 16.5. The molecule has 152 valence electrons. The number of amides is 1. The van der Waals surface area contributed by atoms with Gasteiger partial charge in [-0.05, 0) is 42.9 Å². The van der Waals surface area contributed by atoms with Gasteiger partial charge in [-0.15, -0.1) is 0 Å². The second kappa shape index (κ2) is 8.41. The maximum Gasteiger partial charge on any atom is 0.268 e. The number of ether oxygens (including phenoxy) is 1. The van der Waals surface area contributed by atoms with Gasteiger partial charge in [-0.25, -0.2) is 22.5 Å². The zero-order chi connectivity index (χ0) is 21.0. The van der Waals surface area contributed by atoms with Crippen molar-refractivity contribution >= 4 is 15.9 Å². The first kappa shape index (κ1) is 20.5. The van der Waals surface area contributed by atoms with E-state index in [-0.39, 0.29) is 23.0 Å². The molecule has 2 N–H and O–H groups in total. The number of carbonyl (C=O) groups excluding carboxylic acids is 1. The fraction of sp³-hybridized carbons (Fsp3) is 0.158. The molecular formula is C19H19FN4O4S. The van der Waals surface area contributed by atoms with E-state index >= 15 is 0 Å². The third-order valence-corrected chi connectivity index (χ3v) is 5.46. The van der Waals surface area contributed by atoms with Gasteiger partial charge in [0.25, 0.3) is 5.91 Å². The molecule has 1 amide bonds. The summed E-state index contributed by atoms with van der Waals surface area (Å²) in [4.78, 5) is 16.5. The molecule has 29 heavy (non-hydrogen) atoms. The first-order chi connectivity index (χ1) is 13.8. The number of nitrogens with one attached hydrogen (secondary N) is 2. The second-order valence-electron chi connectivity index (χ2n) is 6.12. The number of benzene rings is 1. The lowest BCUT2D eigenvalue weighted by Gasteiger charge is -2.07. The van der Waals surface area contributed by atoms with Crippen LogP contribution in [0.5, 0.6) is 11.6 Å². The molecule has 0 aliphatic rings. The number of pyridine rings is 1. The number of sulfonamides is 1. The predicted molar refractivity (Wildman–Crippen MR) is 104 cm³/mol. The molecule has 0 saturated carbocycles. The summed E-state index contributed by atoms with van der Waals surface area (Å²) >= 11 is 0. The first-order valence-electron chi connectivity index (χ1n) is 8.55. The monoisotopic (exact) mass is 418 g/mol. The molecule has 3 aromatic rings. The highest BCUT2D eigenvalue weighted by Gasteiger charge is 2.19. The summed E-state index contributed by atoms with van der Waals surface area (Å²) in [5.41, 5.74) is 0.935. The van der Waals surface area contributed by atoms with E-state index in [2.05, 4.69) is 15.0 Å². The molecule has 0 aliphatic carbocycles. The Hall–Kier alpha value is -3.24. The van der Waals surface area contributed by atoms with Crippen LogP contribution in [0.1, 0.15) is 16.1 Å². The maximum atomic E-state index is 12.9. The summed E-state index contributed by atoms with van der Waals surface area (Å²) in [7, 11) is -0.735. The third-order valence-electron chi connectivity index (χ3n) is 4.08. The molecule has 1 aromatic carbocycles. The van der Waals surface area contributed by atoms with E-state index in [9.17, 15) is 17.6 Å². The van der Waals surface area contributed by atoms with Gasteiger partial charge in [0.1, 0.15) is 22.2 Å². The van der Waals surface area contributed by atoms with Crippen LogP contribution in [0.15, 0.2) is 59.8 Å². The molecule has 0 unspecified atom stereocenters. The van der Waals surface area contributed by atoms with E-state index in [1.165, 1.54) is 48.1 Å². The number of carbonyl (C=O) groups is 1. The Bertz CT molecular complexity index is 1110. The number of aromatic nitrogens is 2. The van der Waals surface area contributed by atoms with Gasteiger partial charge in [0.15, 0.2) is 0 Å². The number of hydrogen-bond acceptors (Lipinski definition) is 5. The second-order valence-corrected chi connectivity index (χ2v) is 8.01. The van der Waals surface area contributed by atoms with Crippen molar-refractivity contribution in [3.63, 3.8) is 0 Å². The van der Waals surface area contributed by atoms with Crippen LogP contribution in [0.2, 0.25) is 0 Å². The maximum absolute atomic E-state index is 12.9. The van der Waals surface area contributed by atoms with E-state index in [0.29, 0.717) is 11.6 Å². The number of nitrogens with zero attached hydrogens (tertiary/aromatic N) is 2. The Balaban J connectivity index is 1.61. The number of halogens is 1. The van der Waals surface area contributed by atoms with E-state index in [4.69, 9.17) is 4.74 Å². The molecule has 0 bridgehead atoms. The van der Waals surface area contributed by atoms with Crippen LogP contribution in [0.4, 0.5) is 4.39 Å². The molecule has 0 fully saturated rings. The quantitative estimate of drug-likeness (QED) is 0.612. The number of aryl methyl sites for hydroxylation is 1. The van der Waals surface area contributed by atoms with Crippen molar-refractivity contribution in [2.24, 2.45) is 7.05 Å². The summed E-state index contributed by atoms with van der Waals surface area (Å²) in [6.07, 6.45) is 2.91. The van der Waals surface area contributed by atoms with Gasteiger partial charge in [-0.3, -0.25) is 4.79 Å². The van der Waals surface area contributed by atoms with Gasteiger partial charge < -0.3 is 14.6 Å². The smallest absolute Gasteiger partial charge is 0.268 e. The summed E-state index contributed by atoms with van der Waals surface area (Å²) < 4.78 is 45.8. The minimum Gasteiger partial charge on any atom is -0.439 e.